The lowest BCUT2D eigenvalue weighted by Crippen LogP contribution is -2.39. The quantitative estimate of drug-likeness (QED) is 0.628. The fourth-order valence-corrected chi connectivity index (χ4v) is 3.63. The van der Waals surface area contributed by atoms with Gasteiger partial charge < -0.3 is 10.5 Å². The molecule has 0 saturated carbocycles. The van der Waals surface area contributed by atoms with Crippen LogP contribution in [0.3, 0.4) is 0 Å². The molecule has 6 nitrogen and oxygen atoms in total. The van der Waals surface area contributed by atoms with Gasteiger partial charge in [-0.3, -0.25) is 5.01 Å². The van der Waals surface area contributed by atoms with Crippen molar-refractivity contribution in [1.82, 2.24) is 5.01 Å². The molecule has 2 N–H and O–H groups in total. The van der Waals surface area contributed by atoms with Crippen molar-refractivity contribution in [2.24, 2.45) is 11.0 Å². The number of anilines is 1. The first-order chi connectivity index (χ1) is 13.3. The van der Waals surface area contributed by atoms with E-state index in [1.165, 1.54) is 6.26 Å². The van der Waals surface area contributed by atoms with Gasteiger partial charge in [0, 0.05) is 24.9 Å². The third-order valence-electron chi connectivity index (χ3n) is 4.69. The Kier molecular flexibility index (Phi) is 7.34. The standard InChI is InChI=1S/C15H20N2O3S.C6H7N/c1-4-11-9-13(10-18)17(2)16-15(11)12-5-7-14(8-6-12)21(3,19)20;7-6-4-2-1-3-5-6/h5-8,10-11,13H,4,9H2,1-3H3;1-5H,7H2. The number of carbonyl (C=O) groups excluding carboxylic acids is 1. The molecule has 7 heteroatoms. The van der Waals surface area contributed by atoms with Gasteiger partial charge in [-0.05, 0) is 42.7 Å². The fraction of sp³-hybridized carbons (Fsp3) is 0.333. The predicted octanol–water partition coefficient (Wildman–Crippen LogP) is 2.99. The molecule has 0 aliphatic carbocycles. The minimum atomic E-state index is -3.19. The molecule has 28 heavy (non-hydrogen) atoms. The van der Waals surface area contributed by atoms with Gasteiger partial charge in [0.15, 0.2) is 9.84 Å². The normalized spacial score (nSPS) is 19.2. The number of likely N-dealkylation sites (N-methyl/N-ethyl adjacent to an activating group) is 1. The Morgan fingerprint density at radius 3 is 2.18 bits per heavy atom. The average molecular weight is 402 g/mol. The van der Waals surface area contributed by atoms with Crippen molar-refractivity contribution in [1.29, 1.82) is 0 Å². The molecule has 2 unspecified atom stereocenters. The van der Waals surface area contributed by atoms with Crippen molar-refractivity contribution >= 4 is 27.5 Å². The Labute approximate surface area is 167 Å². The zero-order valence-electron chi connectivity index (χ0n) is 16.4. The maximum absolute atomic E-state index is 11.5. The number of nitrogens with zero attached hydrogens (tertiary/aromatic N) is 2. The molecule has 2 atom stereocenters. The number of carbonyl (C=O) groups is 1. The number of rotatable bonds is 4. The van der Waals surface area contributed by atoms with Crippen LogP contribution in [0.4, 0.5) is 5.69 Å². The highest BCUT2D eigenvalue weighted by atomic mass is 32.2. The molecule has 2 aromatic carbocycles. The molecule has 0 bridgehead atoms. The third-order valence-corrected chi connectivity index (χ3v) is 5.81. The summed E-state index contributed by atoms with van der Waals surface area (Å²) < 4.78 is 23.0. The SMILES string of the molecule is CCC1CC(C=O)N(C)N=C1c1ccc(S(C)(=O)=O)cc1.Nc1ccccc1. The highest BCUT2D eigenvalue weighted by molar-refractivity contribution is 7.90. The van der Waals surface area contributed by atoms with Gasteiger partial charge in [0.25, 0.3) is 0 Å². The fourth-order valence-electron chi connectivity index (χ4n) is 3.00. The Balaban J connectivity index is 0.000000336. The molecule has 2 aromatic rings. The number of hydrogen-bond acceptors (Lipinski definition) is 6. The molecule has 0 fully saturated rings. The summed E-state index contributed by atoms with van der Waals surface area (Å²) in [5.41, 5.74) is 8.00. The van der Waals surface area contributed by atoms with Crippen LogP contribution >= 0.6 is 0 Å². The lowest BCUT2D eigenvalue weighted by atomic mass is 9.87. The van der Waals surface area contributed by atoms with E-state index >= 15 is 0 Å². The second-order valence-electron chi connectivity index (χ2n) is 6.81. The van der Waals surface area contributed by atoms with E-state index in [9.17, 15) is 13.2 Å². The summed E-state index contributed by atoms with van der Waals surface area (Å²) in [6, 6.07) is 16.1. The monoisotopic (exact) mass is 401 g/mol. The molecule has 0 radical (unpaired) electrons. The van der Waals surface area contributed by atoms with Crippen molar-refractivity contribution in [2.75, 3.05) is 19.0 Å². The second kappa shape index (κ2) is 9.50. The van der Waals surface area contributed by atoms with Crippen molar-refractivity contribution in [3.63, 3.8) is 0 Å². The first-order valence-electron chi connectivity index (χ1n) is 9.14. The van der Waals surface area contributed by atoms with Gasteiger partial charge in [-0.15, -0.1) is 0 Å². The molecular formula is C21H27N3O3S. The Hall–Kier alpha value is -2.67. The number of para-hydroxylation sites is 1. The minimum Gasteiger partial charge on any atom is -0.399 e. The average Bonchev–Trinajstić information content (AvgIpc) is 2.68. The molecule has 1 aliphatic rings. The van der Waals surface area contributed by atoms with Crippen LogP contribution in [0.1, 0.15) is 25.3 Å². The highest BCUT2D eigenvalue weighted by Gasteiger charge is 2.28. The van der Waals surface area contributed by atoms with Crippen LogP contribution < -0.4 is 5.73 Å². The molecule has 1 heterocycles. The zero-order valence-corrected chi connectivity index (χ0v) is 17.3. The summed E-state index contributed by atoms with van der Waals surface area (Å²) in [5, 5.41) is 6.20. The Bertz CT molecular complexity index is 910. The van der Waals surface area contributed by atoms with Crippen LogP contribution in [-0.2, 0) is 14.6 Å². The van der Waals surface area contributed by atoms with E-state index in [0.29, 0.717) is 4.90 Å². The largest absolute Gasteiger partial charge is 0.399 e. The van der Waals surface area contributed by atoms with E-state index < -0.39 is 9.84 Å². The van der Waals surface area contributed by atoms with Crippen LogP contribution in [0.2, 0.25) is 0 Å². The maximum Gasteiger partial charge on any atom is 0.175 e. The van der Waals surface area contributed by atoms with Crippen LogP contribution in [0.5, 0.6) is 0 Å². The van der Waals surface area contributed by atoms with E-state index in [1.54, 1.807) is 36.3 Å². The number of aldehydes is 1. The van der Waals surface area contributed by atoms with E-state index in [1.807, 2.05) is 30.3 Å². The van der Waals surface area contributed by atoms with Crippen molar-refractivity contribution in [2.45, 2.75) is 30.7 Å². The summed E-state index contributed by atoms with van der Waals surface area (Å²) in [4.78, 5) is 11.4. The summed E-state index contributed by atoms with van der Waals surface area (Å²) in [6.07, 6.45) is 3.75. The number of benzene rings is 2. The number of nitrogens with two attached hydrogens (primary N) is 1. The summed E-state index contributed by atoms with van der Waals surface area (Å²) in [6.45, 7) is 2.07. The summed E-state index contributed by atoms with van der Waals surface area (Å²) in [5.74, 6) is 0.209. The van der Waals surface area contributed by atoms with Crippen LogP contribution in [0.15, 0.2) is 64.6 Å². The zero-order chi connectivity index (χ0) is 20.7. The molecule has 0 saturated heterocycles. The maximum atomic E-state index is 11.5. The van der Waals surface area contributed by atoms with Gasteiger partial charge in [-0.25, -0.2) is 8.42 Å². The second-order valence-corrected chi connectivity index (χ2v) is 8.83. The van der Waals surface area contributed by atoms with Gasteiger partial charge in [0.1, 0.15) is 12.3 Å². The number of hydrazone groups is 1. The van der Waals surface area contributed by atoms with Gasteiger partial charge in [-0.2, -0.15) is 5.10 Å². The Morgan fingerprint density at radius 2 is 1.75 bits per heavy atom. The first kappa shape index (κ1) is 21.6. The van der Waals surface area contributed by atoms with Crippen LogP contribution in [-0.4, -0.2) is 44.8 Å². The van der Waals surface area contributed by atoms with Gasteiger partial charge in [0.05, 0.1) is 10.6 Å². The lowest BCUT2D eigenvalue weighted by molar-refractivity contribution is -0.112. The molecule has 0 aromatic heterocycles. The van der Waals surface area contributed by atoms with Crippen molar-refractivity contribution in [3.05, 3.63) is 60.2 Å². The van der Waals surface area contributed by atoms with Crippen LogP contribution in [0.25, 0.3) is 0 Å². The van der Waals surface area contributed by atoms with E-state index in [-0.39, 0.29) is 12.0 Å². The van der Waals surface area contributed by atoms with E-state index in [2.05, 4.69) is 12.0 Å². The molecule has 1 aliphatic heterocycles. The van der Waals surface area contributed by atoms with Gasteiger partial charge >= 0.3 is 0 Å². The molecule has 0 spiro atoms. The van der Waals surface area contributed by atoms with Gasteiger partial charge in [0.2, 0.25) is 0 Å². The molecular weight excluding hydrogens is 374 g/mol. The van der Waals surface area contributed by atoms with Crippen LogP contribution in [0, 0.1) is 5.92 Å². The number of nitrogen functional groups attached to an aromatic ring is 1. The predicted molar refractivity (Wildman–Crippen MR) is 113 cm³/mol. The number of hydrogen-bond donors (Lipinski definition) is 1. The number of sulfone groups is 1. The lowest BCUT2D eigenvalue weighted by Gasteiger charge is -2.32. The topological polar surface area (TPSA) is 92.8 Å². The van der Waals surface area contributed by atoms with E-state index in [0.717, 1.165) is 36.1 Å². The molecule has 150 valence electrons. The molecule has 0 amide bonds. The van der Waals surface area contributed by atoms with Crippen molar-refractivity contribution < 1.29 is 13.2 Å². The van der Waals surface area contributed by atoms with Gasteiger partial charge in [-0.1, -0.05) is 37.3 Å². The first-order valence-corrected chi connectivity index (χ1v) is 11.0. The highest BCUT2D eigenvalue weighted by Crippen LogP contribution is 2.26. The Morgan fingerprint density at radius 1 is 1.14 bits per heavy atom. The van der Waals surface area contributed by atoms with E-state index in [4.69, 9.17) is 5.73 Å². The smallest absolute Gasteiger partial charge is 0.175 e. The van der Waals surface area contributed by atoms with Crippen molar-refractivity contribution in [3.8, 4) is 0 Å². The summed E-state index contributed by atoms with van der Waals surface area (Å²) >= 11 is 0. The third kappa shape index (κ3) is 5.66. The minimum absolute atomic E-state index is 0.186. The summed E-state index contributed by atoms with van der Waals surface area (Å²) in [7, 11) is -1.40. The molecule has 3 rings (SSSR count).